The topological polar surface area (TPSA) is 43.8 Å². The fourth-order valence-corrected chi connectivity index (χ4v) is 5.30. The largest absolute Gasteiger partial charge is 0.396 e. The molecule has 4 nitrogen and oxygen atoms in total. The molecular formula is C21H30N2O2. The molecule has 1 amide bonds. The van der Waals surface area contributed by atoms with Gasteiger partial charge in [0, 0.05) is 57.1 Å². The van der Waals surface area contributed by atoms with Gasteiger partial charge in [-0.05, 0) is 24.3 Å². The van der Waals surface area contributed by atoms with E-state index in [0.717, 1.165) is 32.6 Å². The summed E-state index contributed by atoms with van der Waals surface area (Å²) in [5.74, 6) is 1.57. The number of amides is 1. The summed E-state index contributed by atoms with van der Waals surface area (Å²) in [7, 11) is 0. The number of piperazine rings is 1. The van der Waals surface area contributed by atoms with Crippen molar-refractivity contribution in [2.45, 2.75) is 44.1 Å². The molecule has 2 aliphatic heterocycles. The Morgan fingerprint density at radius 3 is 2.56 bits per heavy atom. The molecule has 136 valence electrons. The first-order chi connectivity index (χ1) is 12.3. The van der Waals surface area contributed by atoms with E-state index in [0.29, 0.717) is 23.8 Å². The summed E-state index contributed by atoms with van der Waals surface area (Å²) >= 11 is 0. The second kappa shape index (κ2) is 7.46. The minimum atomic E-state index is 0.225. The Labute approximate surface area is 150 Å². The third kappa shape index (κ3) is 3.47. The van der Waals surface area contributed by atoms with Gasteiger partial charge in [0.1, 0.15) is 0 Å². The number of hydrogen-bond donors (Lipinski definition) is 1. The molecular weight excluding hydrogens is 312 g/mol. The average molecular weight is 342 g/mol. The zero-order valence-corrected chi connectivity index (χ0v) is 15.0. The Kier molecular flexibility index (Phi) is 5.09. The molecule has 4 heteroatoms. The Morgan fingerprint density at radius 1 is 1.08 bits per heavy atom. The Morgan fingerprint density at radius 2 is 1.84 bits per heavy atom. The summed E-state index contributed by atoms with van der Waals surface area (Å²) in [6.07, 6.45) is 5.79. The van der Waals surface area contributed by atoms with E-state index < -0.39 is 0 Å². The van der Waals surface area contributed by atoms with Crippen molar-refractivity contribution in [3.63, 3.8) is 0 Å². The van der Waals surface area contributed by atoms with Crippen molar-refractivity contribution in [3.05, 3.63) is 35.9 Å². The second-order valence-corrected chi connectivity index (χ2v) is 8.14. The molecule has 0 bridgehead atoms. The van der Waals surface area contributed by atoms with Crippen LogP contribution in [0.2, 0.25) is 0 Å². The van der Waals surface area contributed by atoms with E-state index in [2.05, 4.69) is 34.1 Å². The second-order valence-electron chi connectivity index (χ2n) is 8.14. The van der Waals surface area contributed by atoms with Crippen LogP contribution in [0.5, 0.6) is 0 Å². The SMILES string of the molecule is O=C(CC1CCCC1)N1CCN2C[C@@H](CO)[C@H](c3ccccc3)[C@H]2C1. The Hall–Kier alpha value is -1.39. The molecule has 1 N–H and O–H groups in total. The van der Waals surface area contributed by atoms with E-state index >= 15 is 0 Å². The first-order valence-corrected chi connectivity index (χ1v) is 9.94. The summed E-state index contributed by atoms with van der Waals surface area (Å²) in [6.45, 7) is 3.79. The van der Waals surface area contributed by atoms with E-state index in [1.807, 2.05) is 6.07 Å². The molecule has 1 aromatic carbocycles. The van der Waals surface area contributed by atoms with Gasteiger partial charge >= 0.3 is 0 Å². The minimum absolute atomic E-state index is 0.225. The number of aliphatic hydroxyl groups excluding tert-OH is 1. The van der Waals surface area contributed by atoms with Crippen molar-refractivity contribution >= 4 is 5.91 Å². The fourth-order valence-electron chi connectivity index (χ4n) is 5.30. The van der Waals surface area contributed by atoms with Gasteiger partial charge in [0.05, 0.1) is 0 Å². The lowest BCUT2D eigenvalue weighted by Gasteiger charge is -2.40. The van der Waals surface area contributed by atoms with Crippen molar-refractivity contribution in [1.82, 2.24) is 9.80 Å². The maximum atomic E-state index is 12.8. The number of rotatable bonds is 4. The number of benzene rings is 1. The van der Waals surface area contributed by atoms with Gasteiger partial charge in [-0.2, -0.15) is 0 Å². The van der Waals surface area contributed by atoms with Crippen LogP contribution in [0.4, 0.5) is 0 Å². The fraction of sp³-hybridized carbons (Fsp3) is 0.667. The van der Waals surface area contributed by atoms with E-state index in [1.165, 1.54) is 31.2 Å². The van der Waals surface area contributed by atoms with Crippen LogP contribution in [0, 0.1) is 11.8 Å². The molecule has 1 aromatic rings. The van der Waals surface area contributed by atoms with Crippen LogP contribution < -0.4 is 0 Å². The highest BCUT2D eigenvalue weighted by atomic mass is 16.3. The van der Waals surface area contributed by atoms with Crippen molar-refractivity contribution < 1.29 is 9.90 Å². The smallest absolute Gasteiger partial charge is 0.222 e. The third-order valence-electron chi connectivity index (χ3n) is 6.63. The summed E-state index contributed by atoms with van der Waals surface area (Å²) in [6, 6.07) is 10.9. The lowest BCUT2D eigenvalue weighted by Crippen LogP contribution is -2.53. The summed E-state index contributed by atoms with van der Waals surface area (Å²) in [5, 5.41) is 9.90. The number of hydrogen-bond acceptors (Lipinski definition) is 3. The monoisotopic (exact) mass is 342 g/mol. The van der Waals surface area contributed by atoms with Gasteiger partial charge < -0.3 is 10.0 Å². The quantitative estimate of drug-likeness (QED) is 0.914. The maximum Gasteiger partial charge on any atom is 0.222 e. The van der Waals surface area contributed by atoms with Crippen LogP contribution in [0.25, 0.3) is 0 Å². The Balaban J connectivity index is 1.47. The molecule has 25 heavy (non-hydrogen) atoms. The molecule has 0 radical (unpaired) electrons. The summed E-state index contributed by atoms with van der Waals surface area (Å²) in [5.41, 5.74) is 1.30. The first kappa shape index (κ1) is 17.0. The molecule has 0 unspecified atom stereocenters. The van der Waals surface area contributed by atoms with Crippen molar-refractivity contribution in [2.24, 2.45) is 11.8 Å². The van der Waals surface area contributed by atoms with Gasteiger partial charge in [-0.15, -0.1) is 0 Å². The molecule has 3 fully saturated rings. The normalized spacial score (nSPS) is 30.6. The van der Waals surface area contributed by atoms with E-state index in [1.54, 1.807) is 0 Å². The van der Waals surface area contributed by atoms with E-state index in [-0.39, 0.29) is 12.5 Å². The highest BCUT2D eigenvalue weighted by Crippen LogP contribution is 2.40. The molecule has 1 saturated carbocycles. The lowest BCUT2D eigenvalue weighted by molar-refractivity contribution is -0.134. The van der Waals surface area contributed by atoms with Crippen LogP contribution in [0.1, 0.15) is 43.6 Å². The van der Waals surface area contributed by atoms with Crippen LogP contribution in [-0.2, 0) is 4.79 Å². The van der Waals surface area contributed by atoms with Gasteiger partial charge in [0.2, 0.25) is 5.91 Å². The average Bonchev–Trinajstić information content (AvgIpc) is 3.28. The number of fused-ring (bicyclic) bond motifs is 1. The highest BCUT2D eigenvalue weighted by molar-refractivity contribution is 5.76. The van der Waals surface area contributed by atoms with Crippen LogP contribution in [0.3, 0.4) is 0 Å². The number of aliphatic hydroxyl groups is 1. The zero-order chi connectivity index (χ0) is 17.2. The van der Waals surface area contributed by atoms with Crippen molar-refractivity contribution in [3.8, 4) is 0 Å². The molecule has 3 aliphatic rings. The molecule has 2 heterocycles. The van der Waals surface area contributed by atoms with Gasteiger partial charge in [-0.1, -0.05) is 43.2 Å². The molecule has 1 aliphatic carbocycles. The predicted octanol–water partition coefficient (Wildman–Crippen LogP) is 2.49. The molecule has 0 spiro atoms. The zero-order valence-electron chi connectivity index (χ0n) is 15.0. The van der Waals surface area contributed by atoms with E-state index in [4.69, 9.17) is 0 Å². The van der Waals surface area contributed by atoms with Crippen LogP contribution >= 0.6 is 0 Å². The third-order valence-corrected chi connectivity index (χ3v) is 6.63. The number of nitrogens with zero attached hydrogens (tertiary/aromatic N) is 2. The van der Waals surface area contributed by atoms with Gasteiger partial charge in [0.25, 0.3) is 0 Å². The first-order valence-electron chi connectivity index (χ1n) is 9.94. The maximum absolute atomic E-state index is 12.8. The number of carbonyl (C=O) groups excluding carboxylic acids is 1. The number of carbonyl (C=O) groups is 1. The van der Waals surface area contributed by atoms with Crippen LogP contribution in [-0.4, -0.2) is 59.6 Å². The molecule has 3 atom stereocenters. The van der Waals surface area contributed by atoms with Crippen molar-refractivity contribution in [1.29, 1.82) is 0 Å². The molecule has 0 aromatic heterocycles. The summed E-state index contributed by atoms with van der Waals surface area (Å²) in [4.78, 5) is 17.4. The minimum Gasteiger partial charge on any atom is -0.396 e. The Bertz CT molecular complexity index is 585. The highest BCUT2D eigenvalue weighted by Gasteiger charge is 2.45. The van der Waals surface area contributed by atoms with Crippen molar-refractivity contribution in [2.75, 3.05) is 32.8 Å². The molecule has 4 rings (SSSR count). The van der Waals surface area contributed by atoms with Gasteiger partial charge in [-0.3, -0.25) is 9.69 Å². The standard InChI is InChI=1S/C21H30N2O2/c24-15-18-13-22-10-11-23(20(25)12-16-6-4-5-7-16)14-19(22)21(18)17-8-2-1-3-9-17/h1-3,8-9,16,18-19,21,24H,4-7,10-15H2/t18-,19+,21-/m0/s1. The van der Waals surface area contributed by atoms with Crippen LogP contribution in [0.15, 0.2) is 30.3 Å². The van der Waals surface area contributed by atoms with Gasteiger partial charge in [0.15, 0.2) is 0 Å². The lowest BCUT2D eigenvalue weighted by atomic mass is 9.84. The molecule has 2 saturated heterocycles. The summed E-state index contributed by atoms with van der Waals surface area (Å²) < 4.78 is 0. The van der Waals surface area contributed by atoms with E-state index in [9.17, 15) is 9.90 Å². The predicted molar refractivity (Wildman–Crippen MR) is 98.3 cm³/mol. The van der Waals surface area contributed by atoms with Gasteiger partial charge in [-0.25, -0.2) is 0 Å².